The van der Waals surface area contributed by atoms with Crippen LogP contribution in [0.25, 0.3) is 22.2 Å². The predicted octanol–water partition coefficient (Wildman–Crippen LogP) is 4.57. The molecule has 4 heterocycles. The van der Waals surface area contributed by atoms with Gasteiger partial charge in [0.05, 0.1) is 21.8 Å². The van der Waals surface area contributed by atoms with Gasteiger partial charge in [-0.3, -0.25) is 9.69 Å². The molecule has 1 aliphatic rings. The van der Waals surface area contributed by atoms with Crippen LogP contribution in [0.3, 0.4) is 0 Å². The first-order valence-corrected chi connectivity index (χ1v) is 11.7. The van der Waals surface area contributed by atoms with Gasteiger partial charge >= 0.3 is 0 Å². The number of H-pyrrole nitrogens is 1. The van der Waals surface area contributed by atoms with Crippen LogP contribution in [0.15, 0.2) is 52.8 Å². The van der Waals surface area contributed by atoms with Crippen LogP contribution in [-0.2, 0) is 0 Å². The van der Waals surface area contributed by atoms with E-state index >= 15 is 0 Å². The van der Waals surface area contributed by atoms with Gasteiger partial charge < -0.3 is 15.0 Å². The molecule has 0 aliphatic carbocycles. The maximum absolute atomic E-state index is 12.5. The van der Waals surface area contributed by atoms with E-state index in [1.807, 2.05) is 48.7 Å². The van der Waals surface area contributed by atoms with Crippen LogP contribution in [0.1, 0.15) is 17.8 Å². The Labute approximate surface area is 190 Å². The molecule has 8 heteroatoms. The number of thiazole rings is 1. The van der Waals surface area contributed by atoms with E-state index in [0.29, 0.717) is 17.8 Å². The summed E-state index contributed by atoms with van der Waals surface area (Å²) in [4.78, 5) is 27.0. The fourth-order valence-electron chi connectivity index (χ4n) is 3.99. The Hall–Kier alpha value is -3.23. The Bertz CT molecular complexity index is 1280. The smallest absolute Gasteiger partial charge is 0.259 e. The number of nitrogens with one attached hydrogen (secondary N) is 2. The first kappa shape index (κ1) is 20.7. The predicted molar refractivity (Wildman–Crippen MR) is 129 cm³/mol. The van der Waals surface area contributed by atoms with Crippen molar-refractivity contribution in [2.24, 2.45) is 0 Å². The molecule has 0 radical (unpaired) electrons. The first-order valence-electron chi connectivity index (χ1n) is 10.8. The molecule has 4 aromatic rings. The molecule has 7 nitrogen and oxygen atoms in total. The number of hydrogen-bond donors (Lipinski definition) is 2. The molecule has 2 N–H and O–H groups in total. The summed E-state index contributed by atoms with van der Waals surface area (Å²) in [5.74, 6) is 1.34. The molecule has 164 valence electrons. The Morgan fingerprint density at radius 3 is 2.69 bits per heavy atom. The third kappa shape index (κ3) is 4.51. The number of pyridine rings is 2. The zero-order valence-corrected chi connectivity index (χ0v) is 18.7. The third-order valence-electron chi connectivity index (χ3n) is 5.63. The van der Waals surface area contributed by atoms with Gasteiger partial charge in [-0.25, -0.2) is 9.97 Å². The summed E-state index contributed by atoms with van der Waals surface area (Å²) in [7, 11) is 0. The molecule has 1 aliphatic heterocycles. The number of ether oxygens (including phenoxy) is 1. The summed E-state index contributed by atoms with van der Waals surface area (Å²) in [6.45, 7) is 5.95. The largest absolute Gasteiger partial charge is 0.492 e. The molecule has 0 amide bonds. The average molecular weight is 448 g/mol. The van der Waals surface area contributed by atoms with Crippen LogP contribution in [0.4, 0.5) is 11.5 Å². The van der Waals surface area contributed by atoms with E-state index in [9.17, 15) is 4.79 Å². The summed E-state index contributed by atoms with van der Waals surface area (Å²) < 4.78 is 5.89. The van der Waals surface area contributed by atoms with Crippen molar-refractivity contribution in [2.75, 3.05) is 31.6 Å². The number of likely N-dealkylation sites (tertiary alicyclic amines) is 1. The van der Waals surface area contributed by atoms with Crippen molar-refractivity contribution in [2.45, 2.75) is 19.8 Å². The van der Waals surface area contributed by atoms with Gasteiger partial charge in [-0.2, -0.15) is 0 Å². The molecule has 1 aromatic carbocycles. The lowest BCUT2D eigenvalue weighted by Gasteiger charge is -2.15. The van der Waals surface area contributed by atoms with Crippen molar-refractivity contribution in [1.29, 1.82) is 0 Å². The number of nitrogens with zero attached hydrogens (tertiary/aromatic N) is 3. The van der Waals surface area contributed by atoms with Gasteiger partial charge in [-0.1, -0.05) is 0 Å². The lowest BCUT2D eigenvalue weighted by atomic mass is 10.1. The van der Waals surface area contributed by atoms with E-state index in [1.54, 1.807) is 17.5 Å². The molecular weight excluding hydrogens is 422 g/mol. The number of benzene rings is 1. The molecular formula is C24H25N5O2S. The second-order valence-corrected chi connectivity index (χ2v) is 8.99. The number of fused-ring (bicyclic) bond motifs is 1. The van der Waals surface area contributed by atoms with Crippen molar-refractivity contribution in [3.8, 4) is 17.1 Å². The molecule has 0 saturated carbocycles. The fraction of sp³-hybridized carbons (Fsp3) is 0.292. The molecule has 0 spiro atoms. The lowest BCUT2D eigenvalue weighted by Crippen LogP contribution is -2.25. The standard InChI is InChI=1S/C24H25N5O2S/c1-16-26-21(15-32-16)20-14-17-8-9-25-24(30)22(17)23(28-20)27-18-4-6-19(7-5-18)31-13-12-29-10-2-3-11-29/h4-9,14-15H,2-3,10-13H2,1H3,(H,25,30)(H,27,28). The van der Waals surface area contributed by atoms with Crippen molar-refractivity contribution >= 4 is 33.6 Å². The highest BCUT2D eigenvalue weighted by Gasteiger charge is 2.13. The Morgan fingerprint density at radius 1 is 1.12 bits per heavy atom. The van der Waals surface area contributed by atoms with Gasteiger partial charge in [-0.05, 0) is 74.6 Å². The van der Waals surface area contributed by atoms with Crippen LogP contribution < -0.4 is 15.6 Å². The third-order valence-corrected chi connectivity index (χ3v) is 6.40. The number of rotatable bonds is 7. The van der Waals surface area contributed by atoms with Crippen LogP contribution >= 0.6 is 11.3 Å². The van der Waals surface area contributed by atoms with Crippen molar-refractivity contribution < 1.29 is 4.74 Å². The van der Waals surface area contributed by atoms with Crippen LogP contribution in [0.5, 0.6) is 5.75 Å². The number of aryl methyl sites for hydroxylation is 1. The average Bonchev–Trinajstić information content (AvgIpc) is 3.47. The van der Waals surface area contributed by atoms with E-state index < -0.39 is 0 Å². The van der Waals surface area contributed by atoms with Crippen LogP contribution in [0.2, 0.25) is 0 Å². The highest BCUT2D eigenvalue weighted by atomic mass is 32.1. The minimum absolute atomic E-state index is 0.180. The maximum atomic E-state index is 12.5. The zero-order valence-electron chi connectivity index (χ0n) is 17.9. The van der Waals surface area contributed by atoms with Crippen LogP contribution in [0, 0.1) is 6.92 Å². The summed E-state index contributed by atoms with van der Waals surface area (Å²) in [6, 6.07) is 11.5. The Balaban J connectivity index is 1.37. The second kappa shape index (κ2) is 9.10. The zero-order chi connectivity index (χ0) is 21.9. The summed E-state index contributed by atoms with van der Waals surface area (Å²) in [5.41, 5.74) is 2.19. The Morgan fingerprint density at radius 2 is 1.94 bits per heavy atom. The molecule has 0 unspecified atom stereocenters. The summed E-state index contributed by atoms with van der Waals surface area (Å²) in [6.07, 6.45) is 4.23. The van der Waals surface area contributed by atoms with E-state index in [2.05, 4.69) is 20.2 Å². The van der Waals surface area contributed by atoms with Crippen molar-refractivity contribution in [1.82, 2.24) is 19.9 Å². The fourth-order valence-corrected chi connectivity index (χ4v) is 4.59. The van der Waals surface area contributed by atoms with Gasteiger partial charge in [0.25, 0.3) is 5.56 Å². The highest BCUT2D eigenvalue weighted by molar-refractivity contribution is 7.09. The van der Waals surface area contributed by atoms with E-state index in [0.717, 1.165) is 39.8 Å². The minimum Gasteiger partial charge on any atom is -0.492 e. The highest BCUT2D eigenvalue weighted by Crippen LogP contribution is 2.29. The van der Waals surface area contributed by atoms with Gasteiger partial charge in [0.2, 0.25) is 0 Å². The minimum atomic E-state index is -0.180. The SMILES string of the molecule is Cc1nc(-c2cc3cc[nH]c(=O)c3c(Nc3ccc(OCCN4CCCC4)cc3)n2)cs1. The van der Waals surface area contributed by atoms with Crippen LogP contribution in [-0.4, -0.2) is 46.1 Å². The van der Waals surface area contributed by atoms with Gasteiger partial charge in [0.1, 0.15) is 18.2 Å². The number of aromatic amines is 1. The Kier molecular flexibility index (Phi) is 5.87. The van der Waals surface area contributed by atoms with E-state index in [1.165, 1.54) is 25.9 Å². The van der Waals surface area contributed by atoms with Crippen molar-refractivity contribution in [3.63, 3.8) is 0 Å². The molecule has 1 fully saturated rings. The number of anilines is 2. The molecule has 0 bridgehead atoms. The quantitative estimate of drug-likeness (QED) is 0.432. The number of aromatic nitrogens is 3. The van der Waals surface area contributed by atoms with E-state index in [-0.39, 0.29) is 5.56 Å². The summed E-state index contributed by atoms with van der Waals surface area (Å²) >= 11 is 1.58. The van der Waals surface area contributed by atoms with Gasteiger partial charge in [-0.15, -0.1) is 11.3 Å². The van der Waals surface area contributed by atoms with Gasteiger partial charge in [0.15, 0.2) is 0 Å². The maximum Gasteiger partial charge on any atom is 0.259 e. The summed E-state index contributed by atoms with van der Waals surface area (Å²) in [5, 5.41) is 7.61. The molecule has 3 aromatic heterocycles. The topological polar surface area (TPSA) is 83.1 Å². The van der Waals surface area contributed by atoms with E-state index in [4.69, 9.17) is 9.72 Å². The molecule has 1 saturated heterocycles. The second-order valence-electron chi connectivity index (χ2n) is 7.93. The molecule has 5 rings (SSSR count). The normalized spacial score (nSPS) is 14.2. The first-order chi connectivity index (χ1) is 15.7. The van der Waals surface area contributed by atoms with Gasteiger partial charge in [0, 0.05) is 23.8 Å². The number of hydrogen-bond acceptors (Lipinski definition) is 7. The molecule has 0 atom stereocenters. The lowest BCUT2D eigenvalue weighted by molar-refractivity contribution is 0.238. The molecule has 32 heavy (non-hydrogen) atoms. The monoisotopic (exact) mass is 447 g/mol. The van der Waals surface area contributed by atoms with Crippen molar-refractivity contribution in [3.05, 3.63) is 63.3 Å².